The Morgan fingerprint density at radius 1 is 1.00 bits per heavy atom. The quantitative estimate of drug-likeness (QED) is 0.495. The molecule has 0 spiro atoms. The zero-order valence-electron chi connectivity index (χ0n) is 21.1. The Hall–Kier alpha value is -3.87. The molecule has 5 rings (SSSR count). The number of anilines is 2. The van der Waals surface area contributed by atoms with Crippen LogP contribution in [0.4, 0.5) is 11.5 Å². The number of piperidine rings is 1. The lowest BCUT2D eigenvalue weighted by atomic mass is 10.1. The third kappa shape index (κ3) is 4.78. The fourth-order valence-corrected chi connectivity index (χ4v) is 5.19. The number of rotatable bonds is 7. The molecule has 1 aliphatic carbocycles. The number of nitrogens with zero attached hydrogens (tertiary/aromatic N) is 2. The number of aromatic nitrogens is 1. The molecule has 0 unspecified atom stereocenters. The van der Waals surface area contributed by atoms with Crippen molar-refractivity contribution in [3.63, 3.8) is 0 Å². The summed E-state index contributed by atoms with van der Waals surface area (Å²) in [5.41, 5.74) is 3.91. The Kier molecular flexibility index (Phi) is 6.39. The lowest BCUT2D eigenvalue weighted by Crippen LogP contribution is -2.31. The van der Waals surface area contributed by atoms with Crippen molar-refractivity contribution in [2.45, 2.75) is 32.7 Å². The first-order valence-electron chi connectivity index (χ1n) is 12.4. The van der Waals surface area contributed by atoms with Gasteiger partial charge in [0.15, 0.2) is 0 Å². The van der Waals surface area contributed by atoms with Crippen molar-refractivity contribution in [2.75, 3.05) is 30.8 Å². The van der Waals surface area contributed by atoms with Gasteiger partial charge in [-0.05, 0) is 86.1 Å². The molecular formula is C29H32N4O3. The maximum absolute atomic E-state index is 13.3. The number of amides is 2. The van der Waals surface area contributed by atoms with Crippen LogP contribution in [-0.4, -0.2) is 47.9 Å². The fraction of sp³-hybridized carbons (Fsp3) is 0.345. The van der Waals surface area contributed by atoms with Gasteiger partial charge in [-0.1, -0.05) is 18.2 Å². The lowest BCUT2D eigenvalue weighted by molar-refractivity contribution is 0.0772. The van der Waals surface area contributed by atoms with E-state index in [1.807, 2.05) is 49.9 Å². The molecule has 2 amide bonds. The molecule has 1 aliphatic heterocycles. The zero-order chi connectivity index (χ0) is 25.4. The predicted molar refractivity (Wildman–Crippen MR) is 141 cm³/mol. The number of pyridine rings is 1. The molecule has 36 heavy (non-hydrogen) atoms. The Balaban J connectivity index is 1.22. The minimum absolute atomic E-state index is 0.0111. The van der Waals surface area contributed by atoms with Gasteiger partial charge in [0.25, 0.3) is 11.8 Å². The highest BCUT2D eigenvalue weighted by Gasteiger charge is 2.57. The molecule has 2 heterocycles. The van der Waals surface area contributed by atoms with Crippen LogP contribution in [-0.2, 0) is 0 Å². The normalized spacial score (nSPS) is 20.1. The topological polar surface area (TPSA) is 83.6 Å². The Morgan fingerprint density at radius 3 is 2.31 bits per heavy atom. The van der Waals surface area contributed by atoms with Gasteiger partial charge in [-0.15, -0.1) is 0 Å². The van der Waals surface area contributed by atoms with E-state index >= 15 is 0 Å². The predicted octanol–water partition coefficient (Wildman–Crippen LogP) is 4.96. The summed E-state index contributed by atoms with van der Waals surface area (Å²) in [5, 5.41) is 6.16. The number of hydrogen-bond acceptors (Lipinski definition) is 5. The molecule has 2 aliphatic rings. The standard InChI is InChI=1S/C29H32N4O3/c1-17(2)31-26-12-9-21(14-30-26)28(34)32-25-13-20(6-5-18(25)3)29(35)33-15-23-24(16-33)27(23)19-7-10-22(36-4)11-8-19/h5-14,17,23-24,27H,15-16H2,1-4H3,(H,30,31)(H,32,34)/t23-,24+,27+. The van der Waals surface area contributed by atoms with Crippen LogP contribution in [0.1, 0.15) is 51.6 Å². The van der Waals surface area contributed by atoms with Crippen LogP contribution < -0.4 is 15.4 Å². The van der Waals surface area contributed by atoms with E-state index in [-0.39, 0.29) is 17.9 Å². The molecule has 2 N–H and O–H groups in total. The van der Waals surface area contributed by atoms with Crippen molar-refractivity contribution in [3.05, 3.63) is 83.0 Å². The molecule has 0 bridgehead atoms. The van der Waals surface area contributed by atoms with Crippen molar-refractivity contribution in [3.8, 4) is 5.75 Å². The van der Waals surface area contributed by atoms with E-state index < -0.39 is 0 Å². The van der Waals surface area contributed by atoms with Crippen molar-refractivity contribution in [2.24, 2.45) is 11.8 Å². The van der Waals surface area contributed by atoms with Gasteiger partial charge in [0.05, 0.1) is 12.7 Å². The number of ether oxygens (including phenoxy) is 1. The summed E-state index contributed by atoms with van der Waals surface area (Å²) in [4.78, 5) is 32.3. The first kappa shape index (κ1) is 23.9. The maximum Gasteiger partial charge on any atom is 0.257 e. The van der Waals surface area contributed by atoms with E-state index in [1.165, 1.54) is 5.56 Å². The minimum atomic E-state index is -0.254. The molecule has 7 heteroatoms. The van der Waals surface area contributed by atoms with Crippen molar-refractivity contribution in [1.29, 1.82) is 0 Å². The van der Waals surface area contributed by atoms with Crippen LogP contribution in [0.15, 0.2) is 60.8 Å². The minimum Gasteiger partial charge on any atom is -0.497 e. The van der Waals surface area contributed by atoms with E-state index in [0.717, 1.165) is 30.2 Å². The largest absolute Gasteiger partial charge is 0.497 e. The van der Waals surface area contributed by atoms with Crippen molar-refractivity contribution >= 4 is 23.3 Å². The first-order valence-corrected chi connectivity index (χ1v) is 12.4. The summed E-state index contributed by atoms with van der Waals surface area (Å²) in [5.74, 6) is 2.88. The van der Waals surface area contributed by atoms with Gasteiger partial charge in [0.1, 0.15) is 11.6 Å². The van der Waals surface area contributed by atoms with Crippen LogP contribution in [0.2, 0.25) is 0 Å². The number of nitrogens with one attached hydrogen (secondary N) is 2. The SMILES string of the molecule is COc1ccc([C@H]2[C@@H]3CN(C(=O)c4ccc(C)c(NC(=O)c5ccc(NC(C)C)nc5)c4)C[C@@H]32)cc1. The van der Waals surface area contributed by atoms with Crippen LogP contribution in [0.25, 0.3) is 0 Å². The first-order chi connectivity index (χ1) is 17.3. The summed E-state index contributed by atoms with van der Waals surface area (Å²) in [7, 11) is 1.67. The van der Waals surface area contributed by atoms with E-state index in [2.05, 4.69) is 27.8 Å². The maximum atomic E-state index is 13.3. The summed E-state index contributed by atoms with van der Waals surface area (Å²) in [6, 6.07) is 17.6. The Morgan fingerprint density at radius 2 is 1.69 bits per heavy atom. The van der Waals surface area contributed by atoms with Gasteiger partial charge in [-0.25, -0.2) is 4.98 Å². The highest BCUT2D eigenvalue weighted by molar-refractivity contribution is 6.05. The fourth-order valence-electron chi connectivity index (χ4n) is 5.19. The number of aryl methyl sites for hydroxylation is 1. The van der Waals surface area contributed by atoms with E-state index in [1.54, 1.807) is 31.5 Å². The second-order valence-corrected chi connectivity index (χ2v) is 10.1. The molecule has 3 atom stereocenters. The summed E-state index contributed by atoms with van der Waals surface area (Å²) >= 11 is 0. The number of benzene rings is 2. The number of methoxy groups -OCH3 is 1. The van der Waals surface area contributed by atoms with Gasteiger partial charge in [-0.3, -0.25) is 9.59 Å². The summed E-state index contributed by atoms with van der Waals surface area (Å²) < 4.78 is 5.26. The molecule has 1 saturated carbocycles. The van der Waals surface area contributed by atoms with E-state index in [0.29, 0.717) is 34.6 Å². The molecule has 2 aromatic carbocycles. The molecule has 3 aromatic rings. The van der Waals surface area contributed by atoms with Gasteiger partial charge in [0, 0.05) is 36.6 Å². The van der Waals surface area contributed by atoms with E-state index in [9.17, 15) is 9.59 Å². The van der Waals surface area contributed by atoms with Gasteiger partial charge < -0.3 is 20.3 Å². The van der Waals surface area contributed by atoms with Gasteiger partial charge in [-0.2, -0.15) is 0 Å². The molecule has 0 radical (unpaired) electrons. The van der Waals surface area contributed by atoms with Crippen molar-refractivity contribution < 1.29 is 14.3 Å². The third-order valence-corrected chi connectivity index (χ3v) is 7.18. The van der Waals surface area contributed by atoms with Crippen LogP contribution in [0.3, 0.4) is 0 Å². The molecule has 1 saturated heterocycles. The van der Waals surface area contributed by atoms with Crippen molar-refractivity contribution in [1.82, 2.24) is 9.88 Å². The Labute approximate surface area is 211 Å². The second-order valence-electron chi connectivity index (χ2n) is 10.1. The monoisotopic (exact) mass is 484 g/mol. The second kappa shape index (κ2) is 9.64. The number of likely N-dealkylation sites (tertiary alicyclic amines) is 1. The van der Waals surface area contributed by atoms with E-state index in [4.69, 9.17) is 4.74 Å². The highest BCUT2D eigenvalue weighted by Crippen LogP contribution is 2.58. The number of hydrogen-bond donors (Lipinski definition) is 2. The van der Waals surface area contributed by atoms with Crippen LogP contribution in [0.5, 0.6) is 5.75 Å². The molecule has 7 nitrogen and oxygen atoms in total. The molecule has 186 valence electrons. The number of fused-ring (bicyclic) bond motifs is 1. The van der Waals surface area contributed by atoms with Crippen LogP contribution in [0, 0.1) is 18.8 Å². The van der Waals surface area contributed by atoms with Gasteiger partial charge >= 0.3 is 0 Å². The van der Waals surface area contributed by atoms with Crippen LogP contribution >= 0.6 is 0 Å². The average Bonchev–Trinajstić information content (AvgIpc) is 3.37. The number of carbonyl (C=O) groups excluding carboxylic acids is 2. The average molecular weight is 485 g/mol. The Bertz CT molecular complexity index is 1260. The summed E-state index contributed by atoms with van der Waals surface area (Å²) in [6.45, 7) is 7.51. The third-order valence-electron chi connectivity index (χ3n) is 7.18. The number of carbonyl (C=O) groups is 2. The molecular weight excluding hydrogens is 452 g/mol. The zero-order valence-corrected chi connectivity index (χ0v) is 21.1. The highest BCUT2D eigenvalue weighted by atomic mass is 16.5. The van der Waals surface area contributed by atoms with Gasteiger partial charge in [0.2, 0.25) is 0 Å². The summed E-state index contributed by atoms with van der Waals surface area (Å²) in [6.07, 6.45) is 1.56. The smallest absolute Gasteiger partial charge is 0.257 e. The lowest BCUT2D eigenvalue weighted by Gasteiger charge is -2.21. The molecule has 1 aromatic heterocycles. The molecule has 2 fully saturated rings.